The van der Waals surface area contributed by atoms with Gasteiger partial charge in [0.05, 0.1) is 28.6 Å². The monoisotopic (exact) mass is 505 g/mol. The van der Waals surface area contributed by atoms with Crippen molar-refractivity contribution >= 4 is 43.3 Å². The van der Waals surface area contributed by atoms with Crippen LogP contribution in [-0.4, -0.2) is 29.1 Å². The molecule has 3 aromatic heterocycles. The van der Waals surface area contributed by atoms with Crippen LogP contribution in [0.1, 0.15) is 19.4 Å². The first kappa shape index (κ1) is 23.4. The molecule has 10 heteroatoms. The van der Waals surface area contributed by atoms with Gasteiger partial charge in [-0.25, -0.2) is 0 Å². The van der Waals surface area contributed by atoms with E-state index in [2.05, 4.69) is 20.1 Å². The second-order valence-corrected chi connectivity index (χ2v) is 9.51. The SMILES string of the molecule is C#Cc1ccc2c(c1)[nH]c1c2c(=O)c2cc(OC(C)C)c(-c3cncc(OS(=O)(=O)F)c3)cc2n1C. The largest absolute Gasteiger partial charge is 0.490 e. The predicted octanol–water partition coefficient (Wildman–Crippen LogP) is 4.60. The molecule has 0 amide bonds. The second-order valence-electron chi connectivity index (χ2n) is 8.56. The molecule has 0 aliphatic rings. The highest BCUT2D eigenvalue weighted by atomic mass is 32.3. The Bertz CT molecular complexity index is 1900. The number of hydrogen-bond acceptors (Lipinski definition) is 6. The molecule has 36 heavy (non-hydrogen) atoms. The average Bonchev–Trinajstić information content (AvgIpc) is 3.20. The van der Waals surface area contributed by atoms with Gasteiger partial charge >= 0.3 is 10.5 Å². The highest BCUT2D eigenvalue weighted by Gasteiger charge is 2.20. The number of rotatable bonds is 5. The molecule has 3 heterocycles. The molecule has 182 valence electrons. The van der Waals surface area contributed by atoms with Crippen molar-refractivity contribution in [3.63, 3.8) is 0 Å². The zero-order chi connectivity index (χ0) is 25.8. The molecule has 0 aliphatic carbocycles. The van der Waals surface area contributed by atoms with Crippen LogP contribution in [0.5, 0.6) is 11.5 Å². The number of pyridine rings is 2. The number of halogens is 1. The first-order valence-electron chi connectivity index (χ1n) is 10.9. The number of fused-ring (bicyclic) bond motifs is 4. The van der Waals surface area contributed by atoms with Crippen LogP contribution >= 0.6 is 0 Å². The third-order valence-corrected chi connectivity index (χ3v) is 6.19. The number of nitrogens with one attached hydrogen (secondary N) is 1. The Kier molecular flexibility index (Phi) is 5.45. The van der Waals surface area contributed by atoms with Crippen molar-refractivity contribution in [3.8, 4) is 35.0 Å². The van der Waals surface area contributed by atoms with Crippen LogP contribution in [0.4, 0.5) is 3.89 Å². The normalized spacial score (nSPS) is 11.9. The summed E-state index contributed by atoms with van der Waals surface area (Å²) in [5.74, 6) is 2.68. The Morgan fingerprint density at radius 1 is 1.14 bits per heavy atom. The Morgan fingerprint density at radius 2 is 1.92 bits per heavy atom. The minimum absolute atomic E-state index is 0.184. The number of aromatic amines is 1. The molecule has 8 nitrogen and oxygen atoms in total. The maximum atomic E-state index is 13.7. The van der Waals surface area contributed by atoms with Crippen molar-refractivity contribution in [1.82, 2.24) is 14.5 Å². The van der Waals surface area contributed by atoms with E-state index >= 15 is 0 Å². The van der Waals surface area contributed by atoms with E-state index in [1.165, 1.54) is 12.3 Å². The standard InChI is InChI=1S/C26H20FN3O5S/c1-5-15-6-7-18-21(8-15)29-26-24(18)25(31)20-11-23(34-14(2)3)19(10-22(20)30(26)4)16-9-17(13-28-12-16)35-36(27,32)33/h1,6-14,29H,2-4H3. The number of ether oxygens (including phenoxy) is 1. The molecule has 0 unspecified atom stereocenters. The van der Waals surface area contributed by atoms with Crippen LogP contribution in [0.15, 0.2) is 53.6 Å². The first-order valence-corrected chi connectivity index (χ1v) is 12.2. The molecule has 0 aliphatic heterocycles. The lowest BCUT2D eigenvalue weighted by molar-refractivity contribution is 0.244. The Morgan fingerprint density at radius 3 is 2.61 bits per heavy atom. The minimum atomic E-state index is -5.23. The summed E-state index contributed by atoms with van der Waals surface area (Å²) in [7, 11) is -3.41. The molecule has 0 spiro atoms. The van der Waals surface area contributed by atoms with Gasteiger partial charge in [-0.3, -0.25) is 9.78 Å². The summed E-state index contributed by atoms with van der Waals surface area (Å²) < 4.78 is 47.2. The molecule has 0 saturated carbocycles. The van der Waals surface area contributed by atoms with Gasteiger partial charge in [0.1, 0.15) is 11.4 Å². The molecule has 5 rings (SSSR count). The van der Waals surface area contributed by atoms with Gasteiger partial charge in [-0.05, 0) is 44.2 Å². The minimum Gasteiger partial charge on any atom is -0.490 e. The van der Waals surface area contributed by atoms with Crippen molar-refractivity contribution in [2.75, 3.05) is 0 Å². The third kappa shape index (κ3) is 4.03. The zero-order valence-corrected chi connectivity index (χ0v) is 20.3. The van der Waals surface area contributed by atoms with E-state index in [1.807, 2.05) is 37.6 Å². The lowest BCUT2D eigenvalue weighted by Gasteiger charge is -2.17. The lowest BCUT2D eigenvalue weighted by Crippen LogP contribution is -2.11. The Balaban J connectivity index is 1.83. The Labute approximate surface area is 205 Å². The maximum absolute atomic E-state index is 13.7. The van der Waals surface area contributed by atoms with Crippen LogP contribution < -0.4 is 14.3 Å². The van der Waals surface area contributed by atoms with Crippen molar-refractivity contribution in [2.24, 2.45) is 7.05 Å². The van der Waals surface area contributed by atoms with Gasteiger partial charge < -0.3 is 18.5 Å². The lowest BCUT2D eigenvalue weighted by atomic mass is 10.0. The summed E-state index contributed by atoms with van der Waals surface area (Å²) in [5.41, 5.74) is 3.38. The molecular weight excluding hydrogens is 485 g/mol. The van der Waals surface area contributed by atoms with E-state index in [0.29, 0.717) is 44.4 Å². The fourth-order valence-electron chi connectivity index (χ4n) is 4.34. The summed E-state index contributed by atoms with van der Waals surface area (Å²) in [6.45, 7) is 3.68. The van der Waals surface area contributed by atoms with E-state index in [1.54, 1.807) is 18.2 Å². The molecular formula is C26H20FN3O5S. The summed E-state index contributed by atoms with van der Waals surface area (Å²) in [6, 6.07) is 10.2. The van der Waals surface area contributed by atoms with Gasteiger partial charge in [0, 0.05) is 40.8 Å². The number of aromatic nitrogens is 3. The quantitative estimate of drug-likeness (QED) is 0.277. The molecule has 0 fully saturated rings. The maximum Gasteiger partial charge on any atom is 0.488 e. The molecule has 5 aromatic rings. The molecule has 0 saturated heterocycles. The second kappa shape index (κ2) is 8.39. The number of benzene rings is 2. The van der Waals surface area contributed by atoms with E-state index in [9.17, 15) is 17.1 Å². The number of terminal acetylenes is 1. The van der Waals surface area contributed by atoms with Crippen molar-refractivity contribution in [3.05, 3.63) is 64.6 Å². The highest BCUT2D eigenvalue weighted by molar-refractivity contribution is 7.81. The molecule has 2 aromatic carbocycles. The summed E-state index contributed by atoms with van der Waals surface area (Å²) in [4.78, 5) is 21.0. The van der Waals surface area contributed by atoms with Crippen LogP contribution in [0, 0.1) is 12.3 Å². The van der Waals surface area contributed by atoms with Crippen LogP contribution in [0.3, 0.4) is 0 Å². The van der Waals surface area contributed by atoms with E-state index in [-0.39, 0.29) is 17.3 Å². The zero-order valence-electron chi connectivity index (χ0n) is 19.5. The van der Waals surface area contributed by atoms with E-state index < -0.39 is 10.5 Å². The van der Waals surface area contributed by atoms with E-state index in [4.69, 9.17) is 11.2 Å². The topological polar surface area (TPSA) is 103 Å². The van der Waals surface area contributed by atoms with Crippen LogP contribution in [0.25, 0.3) is 44.0 Å². The van der Waals surface area contributed by atoms with Crippen molar-refractivity contribution in [2.45, 2.75) is 20.0 Å². The number of hydrogen-bond donors (Lipinski definition) is 1. The molecule has 0 radical (unpaired) electrons. The van der Waals surface area contributed by atoms with Gasteiger partial charge in [-0.15, -0.1) is 6.42 Å². The fraction of sp³-hybridized carbons (Fsp3) is 0.154. The van der Waals surface area contributed by atoms with Gasteiger partial charge in [0.2, 0.25) is 0 Å². The van der Waals surface area contributed by atoms with Gasteiger partial charge in [0.15, 0.2) is 11.2 Å². The average molecular weight is 506 g/mol. The first-order chi connectivity index (χ1) is 17.1. The molecule has 1 N–H and O–H groups in total. The predicted molar refractivity (Wildman–Crippen MR) is 136 cm³/mol. The van der Waals surface area contributed by atoms with Gasteiger partial charge in [-0.2, -0.15) is 8.42 Å². The number of aryl methyl sites for hydroxylation is 1. The van der Waals surface area contributed by atoms with Crippen molar-refractivity contribution in [1.29, 1.82) is 0 Å². The smallest absolute Gasteiger partial charge is 0.488 e. The van der Waals surface area contributed by atoms with Gasteiger partial charge in [-0.1, -0.05) is 15.9 Å². The summed E-state index contributed by atoms with van der Waals surface area (Å²) >= 11 is 0. The van der Waals surface area contributed by atoms with E-state index in [0.717, 1.165) is 17.1 Å². The molecule has 0 atom stereocenters. The van der Waals surface area contributed by atoms with Crippen LogP contribution in [0.2, 0.25) is 0 Å². The summed E-state index contributed by atoms with van der Waals surface area (Å²) in [5, 5.41) is 1.71. The van der Waals surface area contributed by atoms with Crippen molar-refractivity contribution < 1.29 is 21.2 Å². The highest BCUT2D eigenvalue weighted by Crippen LogP contribution is 2.37. The number of nitrogens with zero attached hydrogens (tertiary/aromatic N) is 2. The van der Waals surface area contributed by atoms with Crippen LogP contribution in [-0.2, 0) is 17.6 Å². The fourth-order valence-corrected chi connectivity index (χ4v) is 4.66. The summed E-state index contributed by atoms with van der Waals surface area (Å²) in [6.07, 6.45) is 7.85. The number of H-pyrrole nitrogens is 1. The molecule has 0 bridgehead atoms. The van der Waals surface area contributed by atoms with Gasteiger partial charge in [0.25, 0.3) is 0 Å². The third-order valence-electron chi connectivity index (χ3n) is 5.79. The Hall–Kier alpha value is -4.36.